The van der Waals surface area contributed by atoms with Crippen LogP contribution in [0.15, 0.2) is 54.6 Å². The minimum absolute atomic E-state index is 0.00127. The van der Waals surface area contributed by atoms with Crippen LogP contribution in [0, 0.1) is 11.8 Å². The Morgan fingerprint density at radius 1 is 1.15 bits per heavy atom. The molecule has 6 heteroatoms. The first-order chi connectivity index (χ1) is 15.8. The van der Waals surface area contributed by atoms with Gasteiger partial charge in [0.1, 0.15) is 12.7 Å². The lowest BCUT2D eigenvalue weighted by Gasteiger charge is -2.21. The fraction of sp³-hybridized carbons (Fsp3) is 0.556. The highest BCUT2D eigenvalue weighted by molar-refractivity contribution is 5.94. The van der Waals surface area contributed by atoms with Gasteiger partial charge in [0.05, 0.1) is 0 Å². The van der Waals surface area contributed by atoms with Crippen molar-refractivity contribution in [3.05, 3.63) is 60.2 Å². The van der Waals surface area contributed by atoms with Crippen molar-refractivity contribution in [3.8, 4) is 0 Å². The van der Waals surface area contributed by atoms with E-state index in [0.29, 0.717) is 25.7 Å². The van der Waals surface area contributed by atoms with Crippen LogP contribution in [0.4, 0.5) is 8.78 Å². The molecule has 33 heavy (non-hydrogen) atoms. The average molecular weight is 463 g/mol. The normalized spacial score (nSPS) is 19.3. The number of unbranched alkanes of at least 4 members (excludes halogenated alkanes) is 4. The number of alkyl halides is 2. The number of benzene rings is 1. The molecule has 0 heterocycles. The zero-order valence-electron chi connectivity index (χ0n) is 19.4. The fourth-order valence-corrected chi connectivity index (χ4v) is 3.92. The quantitative estimate of drug-likeness (QED) is 0.192. The number of aliphatic hydroxyl groups is 1. The zero-order chi connectivity index (χ0) is 24.1. The summed E-state index contributed by atoms with van der Waals surface area (Å²) in [7, 11) is 0. The van der Waals surface area contributed by atoms with Crippen LogP contribution in [-0.2, 0) is 20.9 Å². The molecule has 3 atom stereocenters. The highest BCUT2D eigenvalue weighted by Gasteiger charge is 2.36. The predicted molar refractivity (Wildman–Crippen MR) is 125 cm³/mol. The van der Waals surface area contributed by atoms with E-state index < -0.39 is 12.0 Å². The maximum Gasteiger partial charge on any atom is 0.306 e. The Morgan fingerprint density at radius 3 is 2.61 bits per heavy atom. The van der Waals surface area contributed by atoms with Gasteiger partial charge in [0, 0.05) is 24.7 Å². The lowest BCUT2D eigenvalue weighted by atomic mass is 9.88. The Morgan fingerprint density at radius 2 is 1.88 bits per heavy atom. The third-order valence-corrected chi connectivity index (χ3v) is 6.01. The second-order valence-corrected chi connectivity index (χ2v) is 8.74. The van der Waals surface area contributed by atoms with Crippen LogP contribution in [0.25, 0.3) is 0 Å². The van der Waals surface area contributed by atoms with E-state index in [1.54, 1.807) is 12.2 Å². The predicted octanol–water partition coefficient (Wildman–Crippen LogP) is 6.18. The first-order valence-corrected chi connectivity index (χ1v) is 12.0. The summed E-state index contributed by atoms with van der Waals surface area (Å²) < 4.78 is 33.2. The number of halogens is 2. The third kappa shape index (κ3) is 9.58. The molecule has 182 valence electrons. The van der Waals surface area contributed by atoms with Crippen LogP contribution in [0.5, 0.6) is 0 Å². The molecule has 0 spiro atoms. The SMILES string of the molecule is CCCCC(F)(F)C(O)C=C[C@H]1C=CC(=O)C1CCCCCCC(=O)OCc1ccccc1. The van der Waals surface area contributed by atoms with Gasteiger partial charge in [0.25, 0.3) is 5.92 Å². The summed E-state index contributed by atoms with van der Waals surface area (Å²) >= 11 is 0. The second-order valence-electron chi connectivity index (χ2n) is 8.74. The minimum Gasteiger partial charge on any atom is -0.461 e. The van der Waals surface area contributed by atoms with E-state index >= 15 is 0 Å². The van der Waals surface area contributed by atoms with Gasteiger partial charge >= 0.3 is 5.97 Å². The van der Waals surface area contributed by atoms with E-state index in [0.717, 1.165) is 37.3 Å². The van der Waals surface area contributed by atoms with Crippen LogP contribution < -0.4 is 0 Å². The topological polar surface area (TPSA) is 63.6 Å². The number of ether oxygens (including phenoxy) is 1. The smallest absolute Gasteiger partial charge is 0.306 e. The monoisotopic (exact) mass is 462 g/mol. The number of hydrogen-bond donors (Lipinski definition) is 1. The molecule has 0 aliphatic heterocycles. The third-order valence-electron chi connectivity index (χ3n) is 6.01. The van der Waals surface area contributed by atoms with Gasteiger partial charge in [0.2, 0.25) is 0 Å². The highest BCUT2D eigenvalue weighted by atomic mass is 19.3. The molecule has 0 fully saturated rings. The zero-order valence-corrected chi connectivity index (χ0v) is 19.4. The van der Waals surface area contributed by atoms with E-state index in [1.165, 1.54) is 6.08 Å². The van der Waals surface area contributed by atoms with Crippen molar-refractivity contribution >= 4 is 11.8 Å². The molecule has 4 nitrogen and oxygen atoms in total. The number of esters is 1. The summed E-state index contributed by atoms with van der Waals surface area (Å²) in [5.41, 5.74) is 0.960. The van der Waals surface area contributed by atoms with E-state index in [2.05, 4.69) is 0 Å². The first kappa shape index (κ1) is 26.9. The molecule has 0 saturated heterocycles. The Labute approximate surface area is 195 Å². The molecule has 1 N–H and O–H groups in total. The van der Waals surface area contributed by atoms with E-state index in [9.17, 15) is 23.5 Å². The number of rotatable bonds is 15. The lowest BCUT2D eigenvalue weighted by molar-refractivity contribution is -0.145. The second kappa shape index (κ2) is 14.0. The number of aliphatic hydroxyl groups excluding tert-OH is 1. The first-order valence-electron chi connectivity index (χ1n) is 12.0. The Balaban J connectivity index is 1.64. The van der Waals surface area contributed by atoms with Crippen molar-refractivity contribution in [3.63, 3.8) is 0 Å². The van der Waals surface area contributed by atoms with Gasteiger partial charge in [-0.25, -0.2) is 8.78 Å². The molecule has 1 aliphatic carbocycles. The summed E-state index contributed by atoms with van der Waals surface area (Å²) in [6.07, 6.45) is 9.02. The maximum atomic E-state index is 13.9. The molecule has 0 amide bonds. The van der Waals surface area contributed by atoms with Crippen LogP contribution >= 0.6 is 0 Å². The van der Waals surface area contributed by atoms with Crippen LogP contribution in [0.3, 0.4) is 0 Å². The van der Waals surface area contributed by atoms with Crippen molar-refractivity contribution < 1.29 is 28.2 Å². The summed E-state index contributed by atoms with van der Waals surface area (Å²) in [5.74, 6) is -3.90. The van der Waals surface area contributed by atoms with Gasteiger partial charge in [0.15, 0.2) is 5.78 Å². The standard InChI is InChI=1S/C27H36F2O4/c1-2-3-19-27(28,29)25(31)18-16-22-15-17-24(30)23(22)13-9-4-5-10-14-26(32)33-20-21-11-7-6-8-12-21/h6-8,11-12,15-18,22-23,25,31H,2-5,9-10,13-14,19-20H2,1H3/t22-,23?,25?/m1/s1. The molecule has 2 rings (SSSR count). The van der Waals surface area contributed by atoms with E-state index in [-0.39, 0.29) is 36.6 Å². The number of hydrogen-bond acceptors (Lipinski definition) is 4. The molecule has 1 aromatic rings. The highest BCUT2D eigenvalue weighted by Crippen LogP contribution is 2.31. The van der Waals surface area contributed by atoms with Crippen LogP contribution in [0.2, 0.25) is 0 Å². The van der Waals surface area contributed by atoms with Gasteiger partial charge in [-0.3, -0.25) is 9.59 Å². The van der Waals surface area contributed by atoms with Gasteiger partial charge in [-0.2, -0.15) is 0 Å². The van der Waals surface area contributed by atoms with Crippen molar-refractivity contribution in [2.45, 2.75) is 83.3 Å². The maximum absolute atomic E-state index is 13.9. The Hall–Kier alpha value is -2.34. The molecule has 0 saturated carbocycles. The van der Waals surface area contributed by atoms with Crippen LogP contribution in [-0.4, -0.2) is 28.9 Å². The van der Waals surface area contributed by atoms with E-state index in [1.807, 2.05) is 37.3 Å². The van der Waals surface area contributed by atoms with Gasteiger partial charge < -0.3 is 9.84 Å². The largest absolute Gasteiger partial charge is 0.461 e. The number of carbonyl (C=O) groups excluding carboxylic acids is 2. The number of ketones is 1. The molecule has 0 bridgehead atoms. The molecule has 2 unspecified atom stereocenters. The average Bonchev–Trinajstić information content (AvgIpc) is 3.16. The number of carbonyl (C=O) groups is 2. The van der Waals surface area contributed by atoms with Crippen molar-refractivity contribution in [1.82, 2.24) is 0 Å². The molecule has 0 radical (unpaired) electrons. The summed E-state index contributed by atoms with van der Waals surface area (Å²) in [6, 6.07) is 9.54. The summed E-state index contributed by atoms with van der Waals surface area (Å²) in [6.45, 7) is 2.11. The van der Waals surface area contributed by atoms with Gasteiger partial charge in [-0.15, -0.1) is 0 Å². The molecular weight excluding hydrogens is 426 g/mol. The van der Waals surface area contributed by atoms with Gasteiger partial charge in [-0.1, -0.05) is 81.2 Å². The van der Waals surface area contributed by atoms with Crippen molar-refractivity contribution in [1.29, 1.82) is 0 Å². The Bertz CT molecular complexity index is 789. The number of allylic oxidation sites excluding steroid dienone is 3. The molecule has 1 aliphatic rings. The van der Waals surface area contributed by atoms with Crippen molar-refractivity contribution in [2.24, 2.45) is 11.8 Å². The molecule has 1 aromatic carbocycles. The van der Waals surface area contributed by atoms with E-state index in [4.69, 9.17) is 4.74 Å². The van der Waals surface area contributed by atoms with Crippen LogP contribution in [0.1, 0.15) is 70.3 Å². The fourth-order valence-electron chi connectivity index (χ4n) is 3.92. The lowest BCUT2D eigenvalue weighted by Crippen LogP contribution is -2.31. The summed E-state index contributed by atoms with van der Waals surface area (Å²) in [4.78, 5) is 24.0. The molecule has 0 aromatic heterocycles. The Kier molecular flexibility index (Phi) is 11.4. The molecular formula is C27H36F2O4. The van der Waals surface area contributed by atoms with Gasteiger partial charge in [-0.05, 0) is 30.9 Å². The minimum atomic E-state index is -3.16. The summed E-state index contributed by atoms with van der Waals surface area (Å²) in [5, 5.41) is 9.85. The van der Waals surface area contributed by atoms with Crippen molar-refractivity contribution in [2.75, 3.05) is 0 Å².